The highest BCUT2D eigenvalue weighted by atomic mass is 16.3. The zero-order valence-corrected chi connectivity index (χ0v) is 14.4. The Hall–Kier alpha value is -1.76. The van der Waals surface area contributed by atoms with Gasteiger partial charge in [0.15, 0.2) is 5.82 Å². The van der Waals surface area contributed by atoms with E-state index in [1.165, 1.54) is 0 Å². The van der Waals surface area contributed by atoms with Crippen molar-refractivity contribution in [2.24, 2.45) is 5.41 Å². The predicted octanol–water partition coefficient (Wildman–Crippen LogP) is 1.26. The van der Waals surface area contributed by atoms with E-state index in [2.05, 4.69) is 33.9 Å². The number of fused-ring (bicyclic) bond motifs is 1. The Balaban J connectivity index is 1.87. The van der Waals surface area contributed by atoms with E-state index in [9.17, 15) is 10.2 Å². The average Bonchev–Trinajstić information content (AvgIpc) is 2.61. The molecule has 2 heterocycles. The lowest BCUT2D eigenvalue weighted by molar-refractivity contribution is 0.0676. The molecule has 1 saturated heterocycles. The molecule has 1 aromatic carbocycles. The van der Waals surface area contributed by atoms with E-state index in [0.29, 0.717) is 5.82 Å². The molecule has 6 heteroatoms. The number of hydrogen-bond acceptors (Lipinski definition) is 6. The lowest BCUT2D eigenvalue weighted by atomic mass is 9.78. The van der Waals surface area contributed by atoms with Crippen LogP contribution < -0.4 is 4.90 Å². The fourth-order valence-electron chi connectivity index (χ4n) is 3.65. The van der Waals surface area contributed by atoms with Crippen LogP contribution >= 0.6 is 0 Å². The van der Waals surface area contributed by atoms with Crippen molar-refractivity contribution in [3.63, 3.8) is 0 Å². The minimum absolute atomic E-state index is 0.0390. The molecular weight excluding hydrogens is 304 g/mol. The summed E-state index contributed by atoms with van der Waals surface area (Å²) in [5.74, 6) is 1.34. The minimum Gasteiger partial charge on any atom is -0.396 e. The van der Waals surface area contributed by atoms with Crippen LogP contribution in [0, 0.1) is 5.41 Å². The number of rotatable bonds is 5. The summed E-state index contributed by atoms with van der Waals surface area (Å²) in [4.78, 5) is 13.4. The number of piperidine rings is 1. The molecule has 1 fully saturated rings. The maximum Gasteiger partial charge on any atom is 0.156 e. The highest BCUT2D eigenvalue weighted by Gasteiger charge is 2.35. The smallest absolute Gasteiger partial charge is 0.156 e. The van der Waals surface area contributed by atoms with Gasteiger partial charge in [-0.1, -0.05) is 12.1 Å². The second-order valence-electron chi connectivity index (χ2n) is 7.02. The van der Waals surface area contributed by atoms with E-state index in [4.69, 9.17) is 0 Å². The quantitative estimate of drug-likeness (QED) is 0.860. The van der Waals surface area contributed by atoms with Crippen LogP contribution in [0.25, 0.3) is 10.9 Å². The van der Waals surface area contributed by atoms with Gasteiger partial charge in [-0.05, 0) is 39.1 Å². The molecule has 1 aliphatic heterocycles. The molecule has 2 aromatic rings. The molecule has 6 nitrogen and oxygen atoms in total. The van der Waals surface area contributed by atoms with Gasteiger partial charge in [-0.2, -0.15) is 0 Å². The average molecular weight is 330 g/mol. The molecule has 0 unspecified atom stereocenters. The molecule has 3 rings (SSSR count). The number of para-hydroxylation sites is 1. The van der Waals surface area contributed by atoms with E-state index in [-0.39, 0.29) is 18.6 Å². The van der Waals surface area contributed by atoms with Crippen molar-refractivity contribution in [3.05, 3.63) is 30.1 Å². The lowest BCUT2D eigenvalue weighted by Gasteiger charge is -2.42. The van der Waals surface area contributed by atoms with Crippen LogP contribution in [0.5, 0.6) is 0 Å². The molecule has 24 heavy (non-hydrogen) atoms. The van der Waals surface area contributed by atoms with Gasteiger partial charge < -0.3 is 20.0 Å². The first-order valence-electron chi connectivity index (χ1n) is 8.44. The second kappa shape index (κ2) is 7.01. The van der Waals surface area contributed by atoms with Crippen molar-refractivity contribution < 1.29 is 10.2 Å². The molecule has 2 N–H and O–H groups in total. The number of aromatic nitrogens is 2. The Bertz CT molecular complexity index is 696. The SMILES string of the molecule is CN(C)CC1(CO)CCN(c2nc(CO)nc3ccccc23)CC1. The zero-order valence-electron chi connectivity index (χ0n) is 14.4. The van der Waals surface area contributed by atoms with Gasteiger partial charge in [0.25, 0.3) is 0 Å². The topological polar surface area (TPSA) is 72.7 Å². The summed E-state index contributed by atoms with van der Waals surface area (Å²) < 4.78 is 0. The van der Waals surface area contributed by atoms with Gasteiger partial charge >= 0.3 is 0 Å². The summed E-state index contributed by atoms with van der Waals surface area (Å²) in [5, 5.41) is 20.4. The lowest BCUT2D eigenvalue weighted by Crippen LogP contribution is -2.47. The van der Waals surface area contributed by atoms with Crippen LogP contribution in [0.2, 0.25) is 0 Å². The third-order valence-electron chi connectivity index (χ3n) is 4.88. The Morgan fingerprint density at radius 1 is 1.12 bits per heavy atom. The van der Waals surface area contributed by atoms with Gasteiger partial charge in [-0.15, -0.1) is 0 Å². The van der Waals surface area contributed by atoms with Crippen molar-refractivity contribution in [2.75, 3.05) is 45.2 Å². The molecule has 1 aliphatic rings. The van der Waals surface area contributed by atoms with Crippen molar-refractivity contribution in [1.82, 2.24) is 14.9 Å². The van der Waals surface area contributed by atoms with E-state index in [1.807, 2.05) is 24.3 Å². The minimum atomic E-state index is -0.160. The first-order valence-corrected chi connectivity index (χ1v) is 8.44. The summed E-state index contributed by atoms with van der Waals surface area (Å²) in [7, 11) is 4.10. The second-order valence-corrected chi connectivity index (χ2v) is 7.02. The Labute approximate surface area is 142 Å². The van der Waals surface area contributed by atoms with Crippen LogP contribution in [0.3, 0.4) is 0 Å². The van der Waals surface area contributed by atoms with E-state index < -0.39 is 0 Å². The van der Waals surface area contributed by atoms with E-state index in [0.717, 1.165) is 49.2 Å². The van der Waals surface area contributed by atoms with Crippen LogP contribution in [-0.2, 0) is 6.61 Å². The van der Waals surface area contributed by atoms with E-state index in [1.54, 1.807) is 0 Å². The van der Waals surface area contributed by atoms with Gasteiger partial charge in [-0.3, -0.25) is 0 Å². The maximum absolute atomic E-state index is 9.90. The first kappa shape index (κ1) is 17.1. The third kappa shape index (κ3) is 3.36. The van der Waals surface area contributed by atoms with Crippen molar-refractivity contribution in [1.29, 1.82) is 0 Å². The fourth-order valence-corrected chi connectivity index (χ4v) is 3.65. The van der Waals surface area contributed by atoms with Crippen molar-refractivity contribution in [3.8, 4) is 0 Å². The van der Waals surface area contributed by atoms with Crippen LogP contribution in [0.4, 0.5) is 5.82 Å². The summed E-state index contributed by atoms with van der Waals surface area (Å²) in [6, 6.07) is 7.92. The highest BCUT2D eigenvalue weighted by Crippen LogP contribution is 2.35. The number of aliphatic hydroxyl groups is 2. The molecule has 0 radical (unpaired) electrons. The standard InChI is InChI=1S/C18H26N4O2/c1-21(2)12-18(13-24)7-9-22(10-8-18)17-14-5-3-4-6-15(14)19-16(11-23)20-17/h3-6,23-24H,7-13H2,1-2H3. The van der Waals surface area contributed by atoms with Crippen LogP contribution in [0.1, 0.15) is 18.7 Å². The molecule has 1 aromatic heterocycles. The Morgan fingerprint density at radius 2 is 1.83 bits per heavy atom. The van der Waals surface area contributed by atoms with Crippen LogP contribution in [-0.4, -0.2) is 65.4 Å². The number of aliphatic hydroxyl groups excluding tert-OH is 2. The van der Waals surface area contributed by atoms with Gasteiger partial charge in [0.05, 0.1) is 12.1 Å². The number of anilines is 1. The molecule has 0 atom stereocenters. The Morgan fingerprint density at radius 3 is 2.46 bits per heavy atom. The van der Waals surface area contributed by atoms with Gasteiger partial charge in [0.1, 0.15) is 12.4 Å². The van der Waals surface area contributed by atoms with E-state index >= 15 is 0 Å². The van der Waals surface area contributed by atoms with Gasteiger partial charge in [-0.25, -0.2) is 9.97 Å². The summed E-state index contributed by atoms with van der Waals surface area (Å²) in [6.07, 6.45) is 1.85. The summed E-state index contributed by atoms with van der Waals surface area (Å²) in [6.45, 7) is 2.64. The molecule has 0 bridgehead atoms. The largest absolute Gasteiger partial charge is 0.396 e. The molecular formula is C18H26N4O2. The maximum atomic E-state index is 9.90. The normalized spacial score (nSPS) is 17.6. The van der Waals surface area contributed by atoms with Gasteiger partial charge in [0, 0.05) is 30.4 Å². The third-order valence-corrected chi connectivity index (χ3v) is 4.88. The zero-order chi connectivity index (χ0) is 17.2. The summed E-state index contributed by atoms with van der Waals surface area (Å²) in [5.41, 5.74) is 0.821. The molecule has 0 aliphatic carbocycles. The highest BCUT2D eigenvalue weighted by molar-refractivity contribution is 5.89. The van der Waals surface area contributed by atoms with Crippen LogP contribution in [0.15, 0.2) is 24.3 Å². The predicted molar refractivity (Wildman–Crippen MR) is 95.0 cm³/mol. The van der Waals surface area contributed by atoms with Crippen molar-refractivity contribution in [2.45, 2.75) is 19.4 Å². The molecule has 0 amide bonds. The number of benzene rings is 1. The number of nitrogens with zero attached hydrogens (tertiary/aromatic N) is 4. The Kier molecular flexibility index (Phi) is 4.99. The van der Waals surface area contributed by atoms with Gasteiger partial charge in [0.2, 0.25) is 0 Å². The molecule has 0 spiro atoms. The van der Waals surface area contributed by atoms with Crippen molar-refractivity contribution >= 4 is 16.7 Å². The monoisotopic (exact) mass is 330 g/mol. The first-order chi connectivity index (χ1) is 11.6. The fraction of sp³-hybridized carbons (Fsp3) is 0.556. The molecule has 130 valence electrons. The molecule has 0 saturated carbocycles. The summed E-state index contributed by atoms with van der Waals surface area (Å²) >= 11 is 0. The number of hydrogen-bond donors (Lipinski definition) is 2.